The van der Waals surface area contributed by atoms with Gasteiger partial charge < -0.3 is 20.7 Å². The van der Waals surface area contributed by atoms with Crippen LogP contribution in [-0.4, -0.2) is 53.0 Å². The molecule has 0 radical (unpaired) electrons. The van der Waals surface area contributed by atoms with Crippen LogP contribution in [0.3, 0.4) is 0 Å². The van der Waals surface area contributed by atoms with Crippen LogP contribution in [0.15, 0.2) is 0 Å². The molecule has 7 heteroatoms. The number of esters is 1. The highest BCUT2D eigenvalue weighted by molar-refractivity contribution is 5.93. The van der Waals surface area contributed by atoms with E-state index in [4.69, 9.17) is 10.5 Å². The van der Waals surface area contributed by atoms with Crippen molar-refractivity contribution >= 4 is 17.8 Å². The lowest BCUT2D eigenvalue weighted by Gasteiger charge is -2.37. The second-order valence-electron chi connectivity index (χ2n) is 12.6. The van der Waals surface area contributed by atoms with Crippen LogP contribution in [0.5, 0.6) is 0 Å². The number of nitrogens with two attached hydrogens (primary N) is 1. The normalized spacial score (nSPS) is 28.2. The number of rotatable bonds is 5. The summed E-state index contributed by atoms with van der Waals surface area (Å²) in [5.74, 6) is -0.185. The lowest BCUT2D eigenvalue weighted by Crippen LogP contribution is -2.60. The van der Waals surface area contributed by atoms with Crippen LogP contribution in [0.1, 0.15) is 92.9 Å². The maximum atomic E-state index is 13.9. The Kier molecular flexibility index (Phi) is 7.82. The van der Waals surface area contributed by atoms with Gasteiger partial charge in [0.15, 0.2) is 0 Å². The molecule has 0 aromatic carbocycles. The third-order valence-corrected chi connectivity index (χ3v) is 7.68. The molecule has 1 heterocycles. The molecule has 1 unspecified atom stereocenters. The Balaban J connectivity index is 1.79. The van der Waals surface area contributed by atoms with Crippen LogP contribution < -0.4 is 11.1 Å². The molecular weight excluding hydrogens is 418 g/mol. The quantitative estimate of drug-likeness (QED) is 0.609. The van der Waals surface area contributed by atoms with Gasteiger partial charge in [-0.15, -0.1) is 0 Å². The van der Waals surface area contributed by atoms with Gasteiger partial charge in [-0.05, 0) is 69.6 Å². The number of carbonyl (C=O) groups is 3. The Labute approximate surface area is 199 Å². The first kappa shape index (κ1) is 26.0. The molecular formula is C26H45N3O4. The lowest BCUT2D eigenvalue weighted by atomic mass is 9.82. The first-order valence-corrected chi connectivity index (χ1v) is 12.9. The summed E-state index contributed by atoms with van der Waals surface area (Å²) in [6.45, 7) is 11.9. The average molecular weight is 464 g/mol. The number of hydrogen-bond acceptors (Lipinski definition) is 5. The van der Waals surface area contributed by atoms with E-state index in [0.717, 1.165) is 44.9 Å². The zero-order valence-corrected chi connectivity index (χ0v) is 21.5. The average Bonchev–Trinajstić information content (AvgIpc) is 3.30. The van der Waals surface area contributed by atoms with Crippen molar-refractivity contribution in [3.8, 4) is 0 Å². The van der Waals surface area contributed by atoms with Crippen LogP contribution >= 0.6 is 0 Å². The van der Waals surface area contributed by atoms with Crippen molar-refractivity contribution in [2.75, 3.05) is 6.54 Å². The molecule has 33 heavy (non-hydrogen) atoms. The van der Waals surface area contributed by atoms with Crippen LogP contribution in [0.25, 0.3) is 0 Å². The van der Waals surface area contributed by atoms with Gasteiger partial charge in [0.2, 0.25) is 11.8 Å². The Hall–Kier alpha value is -1.63. The van der Waals surface area contributed by atoms with Gasteiger partial charge in [0.25, 0.3) is 0 Å². The van der Waals surface area contributed by atoms with E-state index >= 15 is 0 Å². The summed E-state index contributed by atoms with van der Waals surface area (Å²) < 4.78 is 5.73. The van der Waals surface area contributed by atoms with E-state index in [1.165, 1.54) is 6.42 Å². The molecule has 2 amide bonds. The summed E-state index contributed by atoms with van der Waals surface area (Å²) in [7, 11) is 0. The van der Waals surface area contributed by atoms with Crippen LogP contribution in [-0.2, 0) is 19.1 Å². The molecule has 0 aromatic rings. The summed E-state index contributed by atoms with van der Waals surface area (Å²) >= 11 is 0. The second kappa shape index (κ2) is 9.93. The predicted octanol–water partition coefficient (Wildman–Crippen LogP) is 3.39. The topological polar surface area (TPSA) is 102 Å². The minimum atomic E-state index is -0.747. The summed E-state index contributed by atoms with van der Waals surface area (Å²) in [5.41, 5.74) is 5.21. The molecule has 3 rings (SSSR count). The number of hydrogen-bond donors (Lipinski definition) is 2. The van der Waals surface area contributed by atoms with Crippen LogP contribution in [0.2, 0.25) is 0 Å². The fraction of sp³-hybridized carbons (Fsp3) is 0.885. The van der Waals surface area contributed by atoms with Gasteiger partial charge in [0, 0.05) is 6.54 Å². The van der Waals surface area contributed by atoms with Gasteiger partial charge in [-0.2, -0.15) is 0 Å². The highest BCUT2D eigenvalue weighted by Gasteiger charge is 2.53. The van der Waals surface area contributed by atoms with Gasteiger partial charge in [0.1, 0.15) is 17.7 Å². The Bertz CT molecular complexity index is 733. The van der Waals surface area contributed by atoms with Gasteiger partial charge in [-0.1, -0.05) is 46.5 Å². The molecule has 1 aliphatic heterocycles. The van der Waals surface area contributed by atoms with Crippen molar-refractivity contribution in [1.82, 2.24) is 10.2 Å². The van der Waals surface area contributed by atoms with E-state index in [1.807, 2.05) is 41.5 Å². The Morgan fingerprint density at radius 1 is 0.939 bits per heavy atom. The third-order valence-electron chi connectivity index (χ3n) is 7.68. The Morgan fingerprint density at radius 3 is 2.15 bits per heavy atom. The zero-order chi connectivity index (χ0) is 24.6. The van der Waals surface area contributed by atoms with E-state index in [0.29, 0.717) is 12.5 Å². The van der Waals surface area contributed by atoms with E-state index in [2.05, 4.69) is 5.32 Å². The van der Waals surface area contributed by atoms with Crippen LogP contribution in [0.4, 0.5) is 0 Å². The molecule has 2 aliphatic carbocycles. The third kappa shape index (κ3) is 6.09. The number of fused-ring (bicyclic) bond motifs is 1. The van der Waals surface area contributed by atoms with Gasteiger partial charge in [0.05, 0.1) is 6.04 Å². The molecule has 5 atom stereocenters. The van der Waals surface area contributed by atoms with Crippen molar-refractivity contribution in [3.63, 3.8) is 0 Å². The van der Waals surface area contributed by atoms with Crippen molar-refractivity contribution in [1.29, 1.82) is 0 Å². The Morgan fingerprint density at radius 2 is 1.58 bits per heavy atom. The number of nitrogens with zero attached hydrogens (tertiary/aromatic N) is 1. The zero-order valence-electron chi connectivity index (χ0n) is 21.5. The number of ether oxygens (including phenoxy) is 1. The standard InChI is InChI=1S/C26H45N3O4/c1-25(2,3)21(28-22(30)19(27)16-11-8-7-9-12-16)23(31)29-15-17-13-10-14-18(17)20(29)24(32)33-26(4,5)6/h16-21H,7-15,27H2,1-6H3,(H,28,30)/t17-,18-,19-,20-,21?/m0/s1. The molecule has 0 bridgehead atoms. The second-order valence-corrected chi connectivity index (χ2v) is 12.6. The molecule has 3 fully saturated rings. The monoisotopic (exact) mass is 463 g/mol. The van der Waals surface area contributed by atoms with E-state index < -0.39 is 29.1 Å². The van der Waals surface area contributed by atoms with E-state index in [1.54, 1.807) is 4.90 Å². The molecule has 1 saturated heterocycles. The molecule has 0 spiro atoms. The summed E-state index contributed by atoms with van der Waals surface area (Å²) in [6, 6.07) is -1.94. The highest BCUT2D eigenvalue weighted by atomic mass is 16.6. The molecule has 7 nitrogen and oxygen atoms in total. The van der Waals surface area contributed by atoms with Crippen LogP contribution in [0, 0.1) is 23.2 Å². The van der Waals surface area contributed by atoms with Crippen molar-refractivity contribution in [2.24, 2.45) is 28.9 Å². The molecule has 3 aliphatic rings. The van der Waals surface area contributed by atoms with Crippen molar-refractivity contribution < 1.29 is 19.1 Å². The minimum Gasteiger partial charge on any atom is -0.458 e. The number of likely N-dealkylation sites (tertiary alicyclic amines) is 1. The van der Waals surface area contributed by atoms with E-state index in [9.17, 15) is 14.4 Å². The molecule has 0 aromatic heterocycles. The fourth-order valence-electron chi connectivity index (χ4n) is 5.96. The largest absolute Gasteiger partial charge is 0.458 e. The SMILES string of the molecule is CC(C)(C)OC(=O)[C@@H]1[C@H]2CCC[C@H]2CN1C(=O)C(NC(=O)[C@@H](N)C1CCCCC1)C(C)(C)C. The summed E-state index contributed by atoms with van der Waals surface area (Å²) in [4.78, 5) is 41.9. The molecule has 3 N–H and O–H groups in total. The van der Waals surface area contributed by atoms with Gasteiger partial charge >= 0.3 is 5.97 Å². The van der Waals surface area contributed by atoms with E-state index in [-0.39, 0.29) is 29.6 Å². The van der Waals surface area contributed by atoms with Gasteiger partial charge in [-0.25, -0.2) is 4.79 Å². The number of nitrogens with one attached hydrogen (secondary N) is 1. The lowest BCUT2D eigenvalue weighted by molar-refractivity contribution is -0.165. The first-order valence-electron chi connectivity index (χ1n) is 12.9. The fourth-order valence-corrected chi connectivity index (χ4v) is 5.96. The molecule has 2 saturated carbocycles. The maximum absolute atomic E-state index is 13.9. The van der Waals surface area contributed by atoms with Crippen molar-refractivity contribution in [2.45, 2.75) is 117 Å². The highest BCUT2D eigenvalue weighted by Crippen LogP contribution is 2.43. The smallest absolute Gasteiger partial charge is 0.329 e. The first-order chi connectivity index (χ1) is 15.3. The van der Waals surface area contributed by atoms with Crippen molar-refractivity contribution in [3.05, 3.63) is 0 Å². The minimum absolute atomic E-state index is 0.129. The molecule has 188 valence electrons. The number of carbonyl (C=O) groups excluding carboxylic acids is 3. The summed E-state index contributed by atoms with van der Waals surface area (Å²) in [6.07, 6.45) is 8.33. The maximum Gasteiger partial charge on any atom is 0.329 e. The number of amides is 2. The van der Waals surface area contributed by atoms with Gasteiger partial charge in [-0.3, -0.25) is 9.59 Å². The predicted molar refractivity (Wildman–Crippen MR) is 128 cm³/mol. The summed E-state index contributed by atoms with van der Waals surface area (Å²) in [5, 5.41) is 3.00.